The van der Waals surface area contributed by atoms with Crippen LogP contribution < -0.4 is 10.1 Å². The third-order valence-electron chi connectivity index (χ3n) is 4.29. The van der Waals surface area contributed by atoms with E-state index in [1.807, 2.05) is 24.1 Å². The predicted octanol–water partition coefficient (Wildman–Crippen LogP) is 2.61. The van der Waals surface area contributed by atoms with Crippen molar-refractivity contribution in [2.24, 2.45) is 12.0 Å². The summed E-state index contributed by atoms with van der Waals surface area (Å²) < 4.78 is 7.39. The van der Waals surface area contributed by atoms with E-state index in [0.29, 0.717) is 0 Å². The van der Waals surface area contributed by atoms with E-state index < -0.39 is 0 Å². The molecule has 0 bridgehead atoms. The molecule has 26 heavy (non-hydrogen) atoms. The Labute approximate surface area is 172 Å². The van der Waals surface area contributed by atoms with Crippen molar-refractivity contribution >= 4 is 29.9 Å². The van der Waals surface area contributed by atoms with Crippen LogP contribution in [0.15, 0.2) is 35.6 Å². The molecule has 1 N–H and O–H groups in total. The SMILES string of the molecule is CCNC(=NCCc1ccc2c(c1)CCO2)N(C)Cc1cnn(C)c1.I. The van der Waals surface area contributed by atoms with Crippen molar-refractivity contribution in [3.05, 3.63) is 47.3 Å². The molecule has 2 heterocycles. The van der Waals surface area contributed by atoms with Crippen LogP contribution in [0.25, 0.3) is 0 Å². The molecule has 0 fully saturated rings. The maximum absolute atomic E-state index is 5.57. The molecule has 0 amide bonds. The van der Waals surface area contributed by atoms with Crippen LogP contribution in [0.2, 0.25) is 0 Å². The van der Waals surface area contributed by atoms with Gasteiger partial charge in [0.2, 0.25) is 0 Å². The van der Waals surface area contributed by atoms with E-state index in [4.69, 9.17) is 9.73 Å². The Kier molecular flexibility index (Phi) is 7.74. The zero-order chi connectivity index (χ0) is 17.6. The van der Waals surface area contributed by atoms with E-state index in [1.165, 1.54) is 16.7 Å². The van der Waals surface area contributed by atoms with E-state index in [0.717, 1.165) is 50.8 Å². The fourth-order valence-corrected chi connectivity index (χ4v) is 3.06. The first kappa shape index (κ1) is 20.5. The summed E-state index contributed by atoms with van der Waals surface area (Å²) in [5, 5.41) is 7.59. The molecule has 0 atom stereocenters. The van der Waals surface area contributed by atoms with Crippen LogP contribution in [0, 0.1) is 0 Å². The molecule has 1 aromatic heterocycles. The van der Waals surface area contributed by atoms with E-state index >= 15 is 0 Å². The van der Waals surface area contributed by atoms with E-state index in [1.54, 1.807) is 0 Å². The van der Waals surface area contributed by atoms with E-state index in [-0.39, 0.29) is 24.0 Å². The Morgan fingerprint density at radius 1 is 1.38 bits per heavy atom. The van der Waals surface area contributed by atoms with Gasteiger partial charge in [-0.25, -0.2) is 0 Å². The molecular formula is C19H28IN5O. The standard InChI is InChI=1S/C19H27N5O.HI/c1-4-20-19(23(2)13-16-12-22-24(3)14-16)21-9-7-15-5-6-18-17(11-15)8-10-25-18;/h5-6,11-12,14H,4,7-10,13H2,1-3H3,(H,20,21);1H. The van der Waals surface area contributed by atoms with Gasteiger partial charge in [-0.15, -0.1) is 24.0 Å². The van der Waals surface area contributed by atoms with Crippen LogP contribution in [-0.4, -0.2) is 47.4 Å². The summed E-state index contributed by atoms with van der Waals surface area (Å²) in [5.74, 6) is 1.97. The molecule has 7 heteroatoms. The van der Waals surface area contributed by atoms with Crippen molar-refractivity contribution in [2.75, 3.05) is 26.7 Å². The minimum Gasteiger partial charge on any atom is -0.493 e. The molecule has 0 radical (unpaired) electrons. The van der Waals surface area contributed by atoms with Gasteiger partial charge >= 0.3 is 0 Å². The number of nitrogens with zero attached hydrogens (tertiary/aromatic N) is 4. The lowest BCUT2D eigenvalue weighted by Crippen LogP contribution is -2.38. The first-order valence-electron chi connectivity index (χ1n) is 8.87. The summed E-state index contributed by atoms with van der Waals surface area (Å²) in [6.07, 6.45) is 5.88. The lowest BCUT2D eigenvalue weighted by molar-refractivity contribution is 0.357. The fourth-order valence-electron chi connectivity index (χ4n) is 3.06. The Bertz CT molecular complexity index is 743. The van der Waals surface area contributed by atoms with Crippen molar-refractivity contribution in [1.29, 1.82) is 0 Å². The number of rotatable bonds is 6. The van der Waals surface area contributed by atoms with Gasteiger partial charge in [0.25, 0.3) is 0 Å². The molecule has 0 unspecified atom stereocenters. The van der Waals surface area contributed by atoms with Gasteiger partial charge in [-0.05, 0) is 30.5 Å². The first-order valence-corrected chi connectivity index (χ1v) is 8.87. The molecule has 2 aromatic rings. The van der Waals surface area contributed by atoms with Crippen LogP contribution >= 0.6 is 24.0 Å². The number of aromatic nitrogens is 2. The molecule has 6 nitrogen and oxygen atoms in total. The number of aliphatic imine (C=N–C) groups is 1. The van der Waals surface area contributed by atoms with Crippen molar-refractivity contribution in [2.45, 2.75) is 26.3 Å². The van der Waals surface area contributed by atoms with Gasteiger partial charge in [-0.3, -0.25) is 9.67 Å². The predicted molar refractivity (Wildman–Crippen MR) is 115 cm³/mol. The largest absolute Gasteiger partial charge is 0.493 e. The van der Waals surface area contributed by atoms with Gasteiger partial charge in [-0.2, -0.15) is 5.10 Å². The highest BCUT2D eigenvalue weighted by molar-refractivity contribution is 14.0. The number of fused-ring (bicyclic) bond motifs is 1. The smallest absolute Gasteiger partial charge is 0.193 e. The molecule has 0 spiro atoms. The Hall–Kier alpha value is -1.77. The minimum atomic E-state index is 0. The third kappa shape index (κ3) is 5.36. The molecule has 1 aliphatic heterocycles. The van der Waals surface area contributed by atoms with Gasteiger partial charge in [0.15, 0.2) is 5.96 Å². The zero-order valence-corrected chi connectivity index (χ0v) is 18.1. The van der Waals surface area contributed by atoms with Gasteiger partial charge in [0, 0.05) is 51.9 Å². The van der Waals surface area contributed by atoms with Gasteiger partial charge < -0.3 is 15.0 Å². The molecule has 1 aliphatic rings. The average Bonchev–Trinajstić information content (AvgIpc) is 3.22. The molecular weight excluding hydrogens is 441 g/mol. The molecule has 0 aliphatic carbocycles. The summed E-state index contributed by atoms with van der Waals surface area (Å²) in [5.41, 5.74) is 3.81. The summed E-state index contributed by atoms with van der Waals surface area (Å²) in [6, 6.07) is 6.48. The first-order chi connectivity index (χ1) is 12.2. The second-order valence-electron chi connectivity index (χ2n) is 6.40. The zero-order valence-electron chi connectivity index (χ0n) is 15.7. The third-order valence-corrected chi connectivity index (χ3v) is 4.29. The minimum absolute atomic E-state index is 0. The number of guanidine groups is 1. The van der Waals surface area contributed by atoms with E-state index in [2.05, 4.69) is 47.5 Å². The summed E-state index contributed by atoms with van der Waals surface area (Å²) >= 11 is 0. The Morgan fingerprint density at radius 2 is 2.23 bits per heavy atom. The summed E-state index contributed by atoms with van der Waals surface area (Å²) in [4.78, 5) is 6.91. The average molecular weight is 469 g/mol. The number of nitrogens with one attached hydrogen (secondary N) is 1. The molecule has 1 aromatic carbocycles. The second kappa shape index (κ2) is 9.80. The molecule has 0 saturated heterocycles. The maximum atomic E-state index is 5.57. The summed E-state index contributed by atoms with van der Waals surface area (Å²) in [6.45, 7) is 5.30. The Balaban J connectivity index is 0.00000243. The van der Waals surface area contributed by atoms with Crippen LogP contribution in [0.5, 0.6) is 5.75 Å². The summed E-state index contributed by atoms with van der Waals surface area (Å²) in [7, 11) is 3.99. The molecule has 0 saturated carbocycles. The van der Waals surface area contributed by atoms with Crippen molar-refractivity contribution in [3.8, 4) is 5.75 Å². The highest BCUT2D eigenvalue weighted by Gasteiger charge is 2.12. The van der Waals surface area contributed by atoms with Gasteiger partial charge in [0.1, 0.15) is 5.75 Å². The van der Waals surface area contributed by atoms with Crippen LogP contribution in [0.1, 0.15) is 23.6 Å². The van der Waals surface area contributed by atoms with Crippen LogP contribution in [-0.2, 0) is 26.4 Å². The number of benzene rings is 1. The highest BCUT2D eigenvalue weighted by atomic mass is 127. The lowest BCUT2D eigenvalue weighted by atomic mass is 10.1. The Morgan fingerprint density at radius 3 is 2.96 bits per heavy atom. The second-order valence-corrected chi connectivity index (χ2v) is 6.40. The van der Waals surface area contributed by atoms with Gasteiger partial charge in [-0.1, -0.05) is 12.1 Å². The quantitative estimate of drug-likeness (QED) is 0.402. The number of aryl methyl sites for hydroxylation is 1. The van der Waals surface area contributed by atoms with Gasteiger partial charge in [0.05, 0.1) is 12.8 Å². The monoisotopic (exact) mass is 469 g/mol. The van der Waals surface area contributed by atoms with Crippen molar-refractivity contribution in [1.82, 2.24) is 20.0 Å². The highest BCUT2D eigenvalue weighted by Crippen LogP contribution is 2.25. The normalized spacial score (nSPS) is 13.0. The maximum Gasteiger partial charge on any atom is 0.193 e. The molecule has 3 rings (SSSR count). The van der Waals surface area contributed by atoms with Crippen molar-refractivity contribution in [3.63, 3.8) is 0 Å². The van der Waals surface area contributed by atoms with Crippen molar-refractivity contribution < 1.29 is 4.74 Å². The topological polar surface area (TPSA) is 54.7 Å². The number of hydrogen-bond acceptors (Lipinski definition) is 3. The number of hydrogen-bond donors (Lipinski definition) is 1. The van der Waals surface area contributed by atoms with Crippen LogP contribution in [0.3, 0.4) is 0 Å². The lowest BCUT2D eigenvalue weighted by Gasteiger charge is -2.21. The number of ether oxygens (including phenoxy) is 1. The van der Waals surface area contributed by atoms with E-state index in [9.17, 15) is 0 Å². The fraction of sp³-hybridized carbons (Fsp3) is 0.474. The van der Waals surface area contributed by atoms with Crippen LogP contribution in [0.4, 0.5) is 0 Å². The molecule has 142 valence electrons. The number of halogens is 1.